The summed E-state index contributed by atoms with van der Waals surface area (Å²) in [4.78, 5) is 0. The highest BCUT2D eigenvalue weighted by Gasteiger charge is 2.05. The fourth-order valence-corrected chi connectivity index (χ4v) is 1.35. The lowest BCUT2D eigenvalue weighted by Crippen LogP contribution is -1.83. The second-order valence-corrected chi connectivity index (χ2v) is 3.35. The van der Waals surface area contributed by atoms with Crippen molar-refractivity contribution in [1.29, 1.82) is 0 Å². The zero-order chi connectivity index (χ0) is 8.43. The first-order valence-corrected chi connectivity index (χ1v) is 4.72. The highest BCUT2D eigenvalue weighted by molar-refractivity contribution is 9.08. The number of halogens is 4. The third-order valence-electron chi connectivity index (χ3n) is 1.20. The van der Waals surface area contributed by atoms with Gasteiger partial charge in [-0.25, -0.2) is 4.39 Å². The Morgan fingerprint density at radius 1 is 1.36 bits per heavy atom. The van der Waals surface area contributed by atoms with Crippen LogP contribution in [-0.2, 0) is 5.33 Å². The van der Waals surface area contributed by atoms with E-state index in [1.165, 1.54) is 6.07 Å². The van der Waals surface area contributed by atoms with Crippen LogP contribution in [-0.4, -0.2) is 0 Å². The normalized spacial score (nSPS) is 10.2. The standard InChI is InChI=1S/C7H4BrCl2F/c8-3-4-1-5(9)7(10)6(11)2-4/h1-2H,3H2. The van der Waals surface area contributed by atoms with E-state index in [4.69, 9.17) is 23.2 Å². The molecule has 0 aromatic heterocycles. The maximum absolute atomic E-state index is 12.8. The van der Waals surface area contributed by atoms with E-state index in [9.17, 15) is 4.39 Å². The molecule has 0 aliphatic rings. The summed E-state index contributed by atoms with van der Waals surface area (Å²) in [6.45, 7) is 0. The molecule has 0 aliphatic heterocycles. The number of benzene rings is 1. The Morgan fingerprint density at radius 3 is 2.45 bits per heavy atom. The molecule has 0 saturated carbocycles. The highest BCUT2D eigenvalue weighted by Crippen LogP contribution is 2.26. The Hall–Kier alpha value is 0.210. The first-order valence-electron chi connectivity index (χ1n) is 2.84. The van der Waals surface area contributed by atoms with E-state index in [1.54, 1.807) is 6.07 Å². The summed E-state index contributed by atoms with van der Waals surface area (Å²) in [6, 6.07) is 2.98. The Bertz CT molecular complexity index is 252. The van der Waals surface area contributed by atoms with Gasteiger partial charge in [-0.05, 0) is 17.7 Å². The van der Waals surface area contributed by atoms with Crippen molar-refractivity contribution < 1.29 is 4.39 Å². The number of rotatable bonds is 1. The molecule has 0 spiro atoms. The maximum Gasteiger partial charge on any atom is 0.143 e. The van der Waals surface area contributed by atoms with Crippen LogP contribution < -0.4 is 0 Å². The predicted molar refractivity (Wildman–Crippen MR) is 49.1 cm³/mol. The lowest BCUT2D eigenvalue weighted by Gasteiger charge is -2.00. The van der Waals surface area contributed by atoms with Crippen LogP contribution in [0.15, 0.2) is 12.1 Å². The van der Waals surface area contributed by atoms with Gasteiger partial charge in [-0.2, -0.15) is 0 Å². The quantitative estimate of drug-likeness (QED) is 0.527. The molecule has 0 aliphatic carbocycles. The van der Waals surface area contributed by atoms with E-state index in [0.29, 0.717) is 5.33 Å². The fraction of sp³-hybridized carbons (Fsp3) is 0.143. The van der Waals surface area contributed by atoms with Gasteiger partial charge in [0.15, 0.2) is 0 Å². The molecule has 1 aromatic carbocycles. The van der Waals surface area contributed by atoms with Gasteiger partial charge in [0.2, 0.25) is 0 Å². The van der Waals surface area contributed by atoms with Crippen LogP contribution in [0.3, 0.4) is 0 Å². The van der Waals surface area contributed by atoms with Gasteiger partial charge in [0.05, 0.1) is 10.0 Å². The first kappa shape index (κ1) is 9.30. The van der Waals surface area contributed by atoms with Crippen molar-refractivity contribution in [3.63, 3.8) is 0 Å². The van der Waals surface area contributed by atoms with Gasteiger partial charge in [0, 0.05) is 5.33 Å². The molecular weight excluding hydrogens is 254 g/mol. The molecule has 0 unspecified atom stereocenters. The van der Waals surface area contributed by atoms with Crippen LogP contribution in [0.5, 0.6) is 0 Å². The highest BCUT2D eigenvalue weighted by atomic mass is 79.9. The van der Waals surface area contributed by atoms with Crippen LogP contribution in [0.25, 0.3) is 0 Å². The Kier molecular flexibility index (Phi) is 3.16. The minimum absolute atomic E-state index is 0.0173. The summed E-state index contributed by atoms with van der Waals surface area (Å²) in [5.74, 6) is -0.478. The molecule has 11 heavy (non-hydrogen) atoms. The van der Waals surface area contributed by atoms with Crippen LogP contribution in [0.2, 0.25) is 10.0 Å². The van der Waals surface area contributed by atoms with Gasteiger partial charge in [0.1, 0.15) is 5.82 Å². The Labute approximate surface area is 82.4 Å². The van der Waals surface area contributed by atoms with Crippen LogP contribution >= 0.6 is 39.1 Å². The van der Waals surface area contributed by atoms with Gasteiger partial charge in [-0.15, -0.1) is 0 Å². The molecule has 0 bridgehead atoms. The number of hydrogen-bond donors (Lipinski definition) is 0. The van der Waals surface area contributed by atoms with Gasteiger partial charge in [-0.3, -0.25) is 0 Å². The van der Waals surface area contributed by atoms with Crippen molar-refractivity contribution >= 4 is 39.1 Å². The van der Waals surface area contributed by atoms with Crippen LogP contribution in [0.1, 0.15) is 5.56 Å². The van der Waals surface area contributed by atoms with Crippen molar-refractivity contribution in [3.05, 3.63) is 33.6 Å². The zero-order valence-corrected chi connectivity index (χ0v) is 8.47. The summed E-state index contributed by atoms with van der Waals surface area (Å²) in [7, 11) is 0. The predicted octanol–water partition coefficient (Wildman–Crippen LogP) is 4.03. The topological polar surface area (TPSA) is 0 Å². The molecule has 0 N–H and O–H groups in total. The van der Waals surface area contributed by atoms with Crippen molar-refractivity contribution in [2.24, 2.45) is 0 Å². The summed E-state index contributed by atoms with van der Waals surface area (Å²) in [5, 5.41) is 0.804. The van der Waals surface area contributed by atoms with Crippen molar-refractivity contribution in [2.75, 3.05) is 0 Å². The van der Waals surface area contributed by atoms with E-state index in [2.05, 4.69) is 15.9 Å². The van der Waals surface area contributed by atoms with Crippen LogP contribution in [0.4, 0.5) is 4.39 Å². The van der Waals surface area contributed by atoms with Gasteiger partial charge >= 0.3 is 0 Å². The monoisotopic (exact) mass is 256 g/mol. The third kappa shape index (κ3) is 2.08. The molecule has 60 valence electrons. The Balaban J connectivity index is 3.21. The third-order valence-corrected chi connectivity index (χ3v) is 2.62. The minimum atomic E-state index is -0.478. The second kappa shape index (κ2) is 3.74. The smallest absolute Gasteiger partial charge is 0.143 e. The van der Waals surface area contributed by atoms with Gasteiger partial charge in [-0.1, -0.05) is 39.1 Å². The number of alkyl halides is 1. The molecule has 0 saturated heterocycles. The maximum atomic E-state index is 12.8. The molecule has 0 fully saturated rings. The summed E-state index contributed by atoms with van der Waals surface area (Å²) in [5.41, 5.74) is 0.775. The lowest BCUT2D eigenvalue weighted by molar-refractivity contribution is 0.627. The van der Waals surface area contributed by atoms with E-state index >= 15 is 0 Å². The molecular formula is C7H4BrCl2F. The average molecular weight is 258 g/mol. The van der Waals surface area contributed by atoms with E-state index < -0.39 is 5.82 Å². The van der Waals surface area contributed by atoms with Crippen molar-refractivity contribution in [1.82, 2.24) is 0 Å². The van der Waals surface area contributed by atoms with E-state index in [0.717, 1.165) is 5.56 Å². The SMILES string of the molecule is Fc1cc(CBr)cc(Cl)c1Cl. The van der Waals surface area contributed by atoms with Gasteiger partial charge in [0.25, 0.3) is 0 Å². The molecule has 4 heteroatoms. The Morgan fingerprint density at radius 2 is 2.00 bits per heavy atom. The molecule has 0 radical (unpaired) electrons. The van der Waals surface area contributed by atoms with Crippen molar-refractivity contribution in [2.45, 2.75) is 5.33 Å². The first-order chi connectivity index (χ1) is 5.15. The molecule has 0 atom stereocenters. The molecule has 0 amide bonds. The van der Waals surface area contributed by atoms with E-state index in [-0.39, 0.29) is 10.0 Å². The fourth-order valence-electron chi connectivity index (χ4n) is 0.685. The summed E-state index contributed by atoms with van der Waals surface area (Å²) >= 11 is 14.3. The summed E-state index contributed by atoms with van der Waals surface area (Å²) < 4.78 is 12.8. The zero-order valence-electron chi connectivity index (χ0n) is 5.37. The largest absolute Gasteiger partial charge is 0.205 e. The number of hydrogen-bond acceptors (Lipinski definition) is 0. The molecule has 0 heterocycles. The lowest BCUT2D eigenvalue weighted by atomic mass is 10.2. The van der Waals surface area contributed by atoms with Crippen LogP contribution in [0, 0.1) is 5.82 Å². The van der Waals surface area contributed by atoms with Crippen molar-refractivity contribution in [3.8, 4) is 0 Å². The molecule has 0 nitrogen and oxygen atoms in total. The van der Waals surface area contributed by atoms with Gasteiger partial charge < -0.3 is 0 Å². The minimum Gasteiger partial charge on any atom is -0.205 e. The average Bonchev–Trinajstić information content (AvgIpc) is 1.99. The molecule has 1 rings (SSSR count). The second-order valence-electron chi connectivity index (χ2n) is 2.01. The van der Waals surface area contributed by atoms with E-state index in [1.807, 2.05) is 0 Å². The molecule has 1 aromatic rings. The summed E-state index contributed by atoms with van der Waals surface area (Å²) in [6.07, 6.45) is 0.